The van der Waals surface area contributed by atoms with Crippen molar-refractivity contribution in [2.24, 2.45) is 0 Å². The number of aryl methyl sites for hydroxylation is 2. The molecule has 0 bridgehead atoms. The molecule has 1 aliphatic rings. The van der Waals surface area contributed by atoms with Crippen LogP contribution in [0, 0.1) is 25.2 Å². The number of hydrogen-bond acceptors (Lipinski definition) is 5. The van der Waals surface area contributed by atoms with Crippen molar-refractivity contribution in [3.63, 3.8) is 0 Å². The summed E-state index contributed by atoms with van der Waals surface area (Å²) in [7, 11) is -1.97. The number of rotatable bonds is 4. The molecule has 2 aromatic rings. The second kappa shape index (κ2) is 7.59. The Hall–Kier alpha value is -2.56. The molecule has 142 valence electrons. The third-order valence-electron chi connectivity index (χ3n) is 4.91. The smallest absolute Gasteiger partial charge is 0.243 e. The Morgan fingerprint density at radius 2 is 1.63 bits per heavy atom. The molecule has 0 spiro atoms. The normalized spacial score (nSPS) is 15.4. The molecule has 0 saturated carbocycles. The molecule has 2 aromatic carbocycles. The highest BCUT2D eigenvalue weighted by molar-refractivity contribution is 7.89. The molecule has 1 heterocycles. The Balaban J connectivity index is 1.77. The Kier molecular flexibility index (Phi) is 5.40. The lowest BCUT2D eigenvalue weighted by Gasteiger charge is -2.35. The first-order valence-corrected chi connectivity index (χ1v) is 10.2. The summed E-state index contributed by atoms with van der Waals surface area (Å²) in [6, 6.07) is 12.9. The topological polar surface area (TPSA) is 73.6 Å². The number of hydrogen-bond donors (Lipinski definition) is 0. The standard InChI is InChI=1S/C20H23N3O3S/c1-15-13-20(16(2)12-19(15)26-3)27(24,25)23-10-8-22(9-11-23)18-6-4-17(14-21)5-7-18/h4-7,12-13H,8-11H2,1-3H3. The minimum Gasteiger partial charge on any atom is -0.496 e. The minimum absolute atomic E-state index is 0.340. The van der Waals surface area contributed by atoms with Crippen LogP contribution >= 0.6 is 0 Å². The van der Waals surface area contributed by atoms with E-state index in [-0.39, 0.29) is 0 Å². The maximum atomic E-state index is 13.1. The van der Waals surface area contributed by atoms with Gasteiger partial charge < -0.3 is 9.64 Å². The summed E-state index contributed by atoms with van der Waals surface area (Å²) in [6.07, 6.45) is 0. The molecule has 3 rings (SSSR count). The number of piperazine rings is 1. The van der Waals surface area contributed by atoms with E-state index >= 15 is 0 Å². The van der Waals surface area contributed by atoms with Crippen LogP contribution in [0.2, 0.25) is 0 Å². The lowest BCUT2D eigenvalue weighted by atomic mass is 10.1. The van der Waals surface area contributed by atoms with Gasteiger partial charge in [0.1, 0.15) is 5.75 Å². The van der Waals surface area contributed by atoms with Crippen LogP contribution < -0.4 is 9.64 Å². The largest absolute Gasteiger partial charge is 0.496 e. The lowest BCUT2D eigenvalue weighted by molar-refractivity contribution is 0.384. The van der Waals surface area contributed by atoms with Crippen molar-refractivity contribution in [1.82, 2.24) is 4.31 Å². The first-order chi connectivity index (χ1) is 12.9. The van der Waals surface area contributed by atoms with E-state index in [2.05, 4.69) is 11.0 Å². The van der Waals surface area contributed by atoms with E-state index in [0.29, 0.717) is 48.0 Å². The van der Waals surface area contributed by atoms with Crippen LogP contribution in [0.5, 0.6) is 5.75 Å². The summed E-state index contributed by atoms with van der Waals surface area (Å²) in [5.74, 6) is 0.692. The first-order valence-electron chi connectivity index (χ1n) is 8.77. The van der Waals surface area contributed by atoms with Crippen LogP contribution in [0.1, 0.15) is 16.7 Å². The van der Waals surface area contributed by atoms with E-state index in [9.17, 15) is 8.42 Å². The number of methoxy groups -OCH3 is 1. The maximum Gasteiger partial charge on any atom is 0.243 e. The number of nitriles is 1. The van der Waals surface area contributed by atoms with Crippen LogP contribution in [0.3, 0.4) is 0 Å². The van der Waals surface area contributed by atoms with Gasteiger partial charge in [-0.3, -0.25) is 0 Å². The molecule has 0 atom stereocenters. The summed E-state index contributed by atoms with van der Waals surface area (Å²) in [6.45, 7) is 5.71. The van der Waals surface area contributed by atoms with Crippen molar-refractivity contribution in [3.8, 4) is 11.8 Å². The van der Waals surface area contributed by atoms with Gasteiger partial charge >= 0.3 is 0 Å². The molecule has 7 heteroatoms. The molecule has 0 unspecified atom stereocenters. The zero-order valence-electron chi connectivity index (χ0n) is 15.8. The molecular weight excluding hydrogens is 362 g/mol. The second-order valence-electron chi connectivity index (χ2n) is 6.64. The predicted octanol–water partition coefficient (Wildman–Crippen LogP) is 2.69. The summed E-state index contributed by atoms with van der Waals surface area (Å²) >= 11 is 0. The highest BCUT2D eigenvalue weighted by Crippen LogP contribution is 2.28. The number of benzene rings is 2. The lowest BCUT2D eigenvalue weighted by Crippen LogP contribution is -2.48. The minimum atomic E-state index is -3.55. The molecule has 1 aliphatic heterocycles. The van der Waals surface area contributed by atoms with Gasteiger partial charge in [0.15, 0.2) is 0 Å². The van der Waals surface area contributed by atoms with Crippen LogP contribution in [-0.4, -0.2) is 46.0 Å². The van der Waals surface area contributed by atoms with Gasteiger partial charge in [-0.1, -0.05) is 0 Å². The van der Waals surface area contributed by atoms with E-state index in [4.69, 9.17) is 10.00 Å². The fourth-order valence-corrected chi connectivity index (χ4v) is 5.05. The number of sulfonamides is 1. The number of ether oxygens (including phenoxy) is 1. The highest BCUT2D eigenvalue weighted by atomic mass is 32.2. The second-order valence-corrected chi connectivity index (χ2v) is 8.54. The van der Waals surface area contributed by atoms with E-state index in [1.54, 1.807) is 42.6 Å². The quantitative estimate of drug-likeness (QED) is 0.809. The molecule has 0 aromatic heterocycles. The molecule has 1 saturated heterocycles. The van der Waals surface area contributed by atoms with Crippen molar-refractivity contribution < 1.29 is 13.2 Å². The fourth-order valence-electron chi connectivity index (χ4n) is 3.33. The van der Waals surface area contributed by atoms with Crippen molar-refractivity contribution >= 4 is 15.7 Å². The van der Waals surface area contributed by atoms with Crippen molar-refractivity contribution in [1.29, 1.82) is 5.26 Å². The third kappa shape index (κ3) is 3.77. The van der Waals surface area contributed by atoms with Crippen LogP contribution in [0.15, 0.2) is 41.3 Å². The van der Waals surface area contributed by atoms with Gasteiger partial charge in [-0.25, -0.2) is 8.42 Å². The van der Waals surface area contributed by atoms with E-state index in [1.165, 1.54) is 0 Å². The molecule has 0 amide bonds. The van der Waals surface area contributed by atoms with Gasteiger partial charge in [0.25, 0.3) is 0 Å². The van der Waals surface area contributed by atoms with Gasteiger partial charge in [0, 0.05) is 31.9 Å². The maximum absolute atomic E-state index is 13.1. The Morgan fingerprint density at radius 1 is 1.00 bits per heavy atom. The molecule has 0 N–H and O–H groups in total. The van der Waals surface area contributed by atoms with Gasteiger partial charge in [-0.05, 0) is 61.4 Å². The Morgan fingerprint density at radius 3 is 2.19 bits per heavy atom. The number of nitrogens with zero attached hydrogens (tertiary/aromatic N) is 3. The van der Waals surface area contributed by atoms with Gasteiger partial charge in [0.2, 0.25) is 10.0 Å². The fraction of sp³-hybridized carbons (Fsp3) is 0.350. The molecule has 0 radical (unpaired) electrons. The van der Waals surface area contributed by atoms with E-state index < -0.39 is 10.0 Å². The van der Waals surface area contributed by atoms with Crippen LogP contribution in [-0.2, 0) is 10.0 Å². The third-order valence-corrected chi connectivity index (χ3v) is 6.95. The SMILES string of the molecule is COc1cc(C)c(S(=O)(=O)N2CCN(c3ccc(C#N)cc3)CC2)cc1C. The van der Waals surface area contributed by atoms with Crippen LogP contribution in [0.4, 0.5) is 5.69 Å². The molecule has 27 heavy (non-hydrogen) atoms. The van der Waals surface area contributed by atoms with Crippen molar-refractivity contribution in [3.05, 3.63) is 53.1 Å². The zero-order chi connectivity index (χ0) is 19.6. The predicted molar refractivity (Wildman–Crippen MR) is 105 cm³/mol. The van der Waals surface area contributed by atoms with Crippen LogP contribution in [0.25, 0.3) is 0 Å². The van der Waals surface area contributed by atoms with Gasteiger partial charge in [-0.15, -0.1) is 0 Å². The molecule has 1 fully saturated rings. The average Bonchev–Trinajstić information content (AvgIpc) is 2.69. The molecule has 0 aliphatic carbocycles. The summed E-state index contributed by atoms with van der Waals surface area (Å²) < 4.78 is 33.1. The summed E-state index contributed by atoms with van der Waals surface area (Å²) in [5, 5.41) is 8.90. The van der Waals surface area contributed by atoms with Gasteiger partial charge in [-0.2, -0.15) is 9.57 Å². The number of anilines is 1. The Bertz CT molecular complexity index is 971. The van der Waals surface area contributed by atoms with E-state index in [0.717, 1.165) is 11.3 Å². The monoisotopic (exact) mass is 385 g/mol. The highest BCUT2D eigenvalue weighted by Gasteiger charge is 2.30. The van der Waals surface area contributed by atoms with Crippen molar-refractivity contribution in [2.75, 3.05) is 38.2 Å². The molecular formula is C20H23N3O3S. The van der Waals surface area contributed by atoms with Gasteiger partial charge in [0.05, 0.1) is 23.6 Å². The van der Waals surface area contributed by atoms with Crippen molar-refractivity contribution in [2.45, 2.75) is 18.7 Å². The average molecular weight is 385 g/mol. The summed E-state index contributed by atoms with van der Waals surface area (Å²) in [5.41, 5.74) is 3.11. The first kappa shape index (κ1) is 19.2. The summed E-state index contributed by atoms with van der Waals surface area (Å²) in [4.78, 5) is 2.48. The Labute approximate surface area is 160 Å². The zero-order valence-corrected chi connectivity index (χ0v) is 16.6. The van der Waals surface area contributed by atoms with E-state index in [1.807, 2.05) is 19.1 Å². The molecule has 6 nitrogen and oxygen atoms in total.